The Morgan fingerprint density at radius 1 is 1.03 bits per heavy atom. The van der Waals surface area contributed by atoms with Gasteiger partial charge in [0, 0.05) is 0 Å². The van der Waals surface area contributed by atoms with Gasteiger partial charge in [-0.25, -0.2) is 4.39 Å². The average Bonchev–Trinajstić information content (AvgIpc) is 2.73. The van der Waals surface area contributed by atoms with Gasteiger partial charge in [0.15, 0.2) is 0 Å². The molecule has 3 nitrogen and oxygen atoms in total. The third-order valence-corrected chi connectivity index (χ3v) is 5.33. The van der Waals surface area contributed by atoms with E-state index in [0.29, 0.717) is 17.9 Å². The summed E-state index contributed by atoms with van der Waals surface area (Å²) in [5, 5.41) is 9.57. The minimum atomic E-state index is -0.280. The molecule has 0 aliphatic heterocycles. The van der Waals surface area contributed by atoms with Gasteiger partial charge in [0.25, 0.3) is 0 Å². The van der Waals surface area contributed by atoms with E-state index in [4.69, 9.17) is 9.47 Å². The maximum Gasteiger partial charge on any atom is 0.148 e. The van der Waals surface area contributed by atoms with Crippen LogP contribution in [0.5, 0.6) is 11.5 Å². The number of benzene rings is 3. The van der Waals surface area contributed by atoms with Crippen molar-refractivity contribution < 1.29 is 13.9 Å². The van der Waals surface area contributed by atoms with Gasteiger partial charge in [-0.15, -0.1) is 0 Å². The maximum atomic E-state index is 13.0. The highest BCUT2D eigenvalue weighted by molar-refractivity contribution is 9.11. The van der Waals surface area contributed by atoms with E-state index in [9.17, 15) is 9.65 Å². The van der Waals surface area contributed by atoms with Crippen LogP contribution in [0.3, 0.4) is 0 Å². The highest BCUT2D eigenvalue weighted by atomic mass is 79.9. The fourth-order valence-corrected chi connectivity index (χ4v) is 4.11. The molecule has 0 bridgehead atoms. The number of hydrogen-bond donors (Lipinski definition) is 0. The van der Waals surface area contributed by atoms with Crippen molar-refractivity contribution in [2.75, 3.05) is 7.11 Å². The molecular formula is C23H16Br2FNO2. The summed E-state index contributed by atoms with van der Waals surface area (Å²) in [5.74, 6) is 1.09. The van der Waals surface area contributed by atoms with Crippen LogP contribution in [0, 0.1) is 17.1 Å². The highest BCUT2D eigenvalue weighted by Crippen LogP contribution is 2.36. The molecule has 0 aliphatic carbocycles. The maximum absolute atomic E-state index is 13.0. The Morgan fingerprint density at radius 2 is 1.66 bits per heavy atom. The zero-order valence-corrected chi connectivity index (χ0v) is 18.6. The minimum Gasteiger partial charge on any atom is -0.497 e. The molecule has 0 fully saturated rings. The summed E-state index contributed by atoms with van der Waals surface area (Å²) in [6, 6.07) is 19.5. The van der Waals surface area contributed by atoms with Crippen molar-refractivity contribution in [3.8, 4) is 17.6 Å². The normalized spacial score (nSPS) is 11.1. The first-order valence-electron chi connectivity index (χ1n) is 8.62. The Balaban J connectivity index is 1.82. The molecule has 0 heterocycles. The van der Waals surface area contributed by atoms with Crippen molar-refractivity contribution in [2.45, 2.75) is 6.61 Å². The zero-order valence-electron chi connectivity index (χ0n) is 15.5. The number of ether oxygens (including phenoxy) is 2. The molecule has 3 aromatic carbocycles. The first-order chi connectivity index (χ1) is 14.0. The third kappa shape index (κ3) is 5.47. The van der Waals surface area contributed by atoms with Gasteiger partial charge >= 0.3 is 0 Å². The topological polar surface area (TPSA) is 42.2 Å². The van der Waals surface area contributed by atoms with Crippen LogP contribution in [0.25, 0.3) is 11.6 Å². The van der Waals surface area contributed by atoms with E-state index in [1.54, 1.807) is 25.3 Å². The lowest BCUT2D eigenvalue weighted by atomic mass is 10.0. The molecule has 0 spiro atoms. The lowest BCUT2D eigenvalue weighted by molar-refractivity contribution is 0.302. The number of nitrogens with zero attached hydrogens (tertiary/aromatic N) is 1. The number of methoxy groups -OCH3 is 1. The molecule has 0 aliphatic rings. The van der Waals surface area contributed by atoms with Gasteiger partial charge in [0.1, 0.15) is 23.9 Å². The van der Waals surface area contributed by atoms with E-state index < -0.39 is 0 Å². The molecule has 0 N–H and O–H groups in total. The van der Waals surface area contributed by atoms with E-state index in [0.717, 1.165) is 31.4 Å². The van der Waals surface area contributed by atoms with Crippen molar-refractivity contribution >= 4 is 43.5 Å². The monoisotopic (exact) mass is 515 g/mol. The zero-order chi connectivity index (χ0) is 20.8. The number of hydrogen-bond acceptors (Lipinski definition) is 3. The largest absolute Gasteiger partial charge is 0.497 e. The van der Waals surface area contributed by atoms with Crippen LogP contribution >= 0.6 is 31.9 Å². The smallest absolute Gasteiger partial charge is 0.148 e. The number of rotatable bonds is 6. The molecule has 0 atom stereocenters. The van der Waals surface area contributed by atoms with Crippen molar-refractivity contribution in [1.82, 2.24) is 0 Å². The SMILES string of the molecule is COc1ccc(/C(C#N)=C/c2cc(Br)c(OCc3ccc(F)cc3)c(Br)c2)cc1. The molecule has 29 heavy (non-hydrogen) atoms. The fraction of sp³-hybridized carbons (Fsp3) is 0.0870. The first-order valence-corrected chi connectivity index (χ1v) is 10.2. The number of nitriles is 1. The Kier molecular flexibility index (Phi) is 7.08. The quantitative estimate of drug-likeness (QED) is 0.261. The summed E-state index contributed by atoms with van der Waals surface area (Å²) in [6.45, 7) is 0.307. The summed E-state index contributed by atoms with van der Waals surface area (Å²) in [7, 11) is 1.60. The highest BCUT2D eigenvalue weighted by Gasteiger charge is 2.10. The van der Waals surface area contributed by atoms with Crippen molar-refractivity contribution in [3.05, 3.63) is 92.1 Å². The molecule has 0 radical (unpaired) electrons. The molecule has 146 valence electrons. The molecule has 0 unspecified atom stereocenters. The second-order valence-electron chi connectivity index (χ2n) is 6.13. The molecule has 3 aromatic rings. The van der Waals surface area contributed by atoms with E-state index in [-0.39, 0.29) is 5.82 Å². The Morgan fingerprint density at radius 3 is 2.21 bits per heavy atom. The van der Waals surface area contributed by atoms with Gasteiger partial charge in [-0.3, -0.25) is 0 Å². The summed E-state index contributed by atoms with van der Waals surface area (Å²) >= 11 is 7.05. The van der Waals surface area contributed by atoms with Crippen LogP contribution < -0.4 is 9.47 Å². The minimum absolute atomic E-state index is 0.280. The van der Waals surface area contributed by atoms with Gasteiger partial charge in [0.2, 0.25) is 0 Å². The second-order valence-corrected chi connectivity index (χ2v) is 7.84. The van der Waals surface area contributed by atoms with Gasteiger partial charge in [0.05, 0.1) is 27.7 Å². The number of halogens is 3. The van der Waals surface area contributed by atoms with E-state index in [1.165, 1.54) is 12.1 Å². The summed E-state index contributed by atoms with van der Waals surface area (Å²) < 4.78 is 25.5. The summed E-state index contributed by atoms with van der Waals surface area (Å²) in [4.78, 5) is 0. The van der Waals surface area contributed by atoms with Crippen LogP contribution in [-0.2, 0) is 6.61 Å². The Labute approximate surface area is 185 Å². The molecule has 6 heteroatoms. The van der Waals surface area contributed by atoms with Crippen LogP contribution in [0.2, 0.25) is 0 Å². The van der Waals surface area contributed by atoms with Gasteiger partial charge < -0.3 is 9.47 Å². The summed E-state index contributed by atoms with van der Waals surface area (Å²) in [5.41, 5.74) is 3.04. The molecule has 0 saturated carbocycles. The van der Waals surface area contributed by atoms with Crippen LogP contribution in [-0.4, -0.2) is 7.11 Å². The van der Waals surface area contributed by atoms with Gasteiger partial charge in [-0.05, 0) is 103 Å². The number of allylic oxidation sites excluding steroid dienone is 1. The average molecular weight is 517 g/mol. The fourth-order valence-electron chi connectivity index (χ4n) is 2.65. The van der Waals surface area contributed by atoms with Crippen LogP contribution in [0.15, 0.2) is 69.6 Å². The van der Waals surface area contributed by atoms with Crippen molar-refractivity contribution in [3.63, 3.8) is 0 Å². The van der Waals surface area contributed by atoms with Crippen LogP contribution in [0.4, 0.5) is 4.39 Å². The van der Waals surface area contributed by atoms with E-state index >= 15 is 0 Å². The molecular weight excluding hydrogens is 501 g/mol. The van der Waals surface area contributed by atoms with E-state index in [2.05, 4.69) is 37.9 Å². The lowest BCUT2D eigenvalue weighted by Gasteiger charge is -2.12. The Bertz CT molecular complexity index is 1050. The van der Waals surface area contributed by atoms with Gasteiger partial charge in [-0.1, -0.05) is 12.1 Å². The summed E-state index contributed by atoms with van der Waals surface area (Å²) in [6.07, 6.45) is 1.81. The predicted molar refractivity (Wildman–Crippen MR) is 119 cm³/mol. The predicted octanol–water partition coefficient (Wildman–Crippen LogP) is 7.00. The van der Waals surface area contributed by atoms with Crippen molar-refractivity contribution in [2.24, 2.45) is 0 Å². The molecule has 3 rings (SSSR count). The molecule has 0 aromatic heterocycles. The van der Waals surface area contributed by atoms with Gasteiger partial charge in [-0.2, -0.15) is 5.26 Å². The second kappa shape index (κ2) is 9.73. The molecule has 0 amide bonds. The lowest BCUT2D eigenvalue weighted by Crippen LogP contribution is -1.97. The Hall–Kier alpha value is -2.62. The third-order valence-electron chi connectivity index (χ3n) is 4.15. The van der Waals surface area contributed by atoms with Crippen molar-refractivity contribution in [1.29, 1.82) is 5.26 Å². The molecule has 0 saturated heterocycles. The standard InChI is InChI=1S/C23H16Br2FNO2/c1-28-20-8-4-17(5-9-20)18(13-27)10-16-11-21(24)23(22(25)12-16)29-14-15-2-6-19(26)7-3-15/h2-12H,14H2,1H3/b18-10+. The van der Waals surface area contributed by atoms with E-state index in [1.807, 2.05) is 36.4 Å². The first kappa shape index (κ1) is 21.1. The van der Waals surface area contributed by atoms with Crippen LogP contribution in [0.1, 0.15) is 16.7 Å².